The summed E-state index contributed by atoms with van der Waals surface area (Å²) in [6.07, 6.45) is 0. The van der Waals surface area contributed by atoms with E-state index >= 15 is 0 Å². The molecule has 0 aromatic heterocycles. The van der Waals surface area contributed by atoms with Gasteiger partial charge >= 0.3 is 0 Å². The smallest absolute Gasteiger partial charge is 0.130 e. The van der Waals surface area contributed by atoms with Crippen molar-refractivity contribution in [3.8, 4) is 0 Å². The third-order valence-corrected chi connectivity index (χ3v) is 4.01. The predicted octanol–water partition coefficient (Wildman–Crippen LogP) is 2.55. The molecule has 2 rings (SSSR count). The second-order valence-corrected chi connectivity index (χ2v) is 5.30. The van der Waals surface area contributed by atoms with Crippen molar-refractivity contribution in [1.82, 2.24) is 4.90 Å². The summed E-state index contributed by atoms with van der Waals surface area (Å²) >= 11 is 0. The molecule has 1 aromatic rings. The molecule has 1 aliphatic heterocycles. The summed E-state index contributed by atoms with van der Waals surface area (Å²) in [7, 11) is 0. The molecule has 0 saturated carbocycles. The maximum Gasteiger partial charge on any atom is 0.130 e. The monoisotopic (exact) mass is 254 g/mol. The standard InChI is InChI=1S/C14H20F2N2/c1-9-7-18(8-10(9)2)13(6-17)14-11(15)4-3-5-12(14)16/h3-5,9-10,13H,6-8,17H2,1-2H3. The van der Waals surface area contributed by atoms with Gasteiger partial charge in [-0.1, -0.05) is 19.9 Å². The molecule has 1 aromatic carbocycles. The molecule has 3 unspecified atom stereocenters. The first kappa shape index (κ1) is 13.4. The summed E-state index contributed by atoms with van der Waals surface area (Å²) in [5.41, 5.74) is 5.85. The van der Waals surface area contributed by atoms with Gasteiger partial charge in [0.15, 0.2) is 0 Å². The number of nitrogens with zero attached hydrogens (tertiary/aromatic N) is 1. The number of halogens is 2. The van der Waals surface area contributed by atoms with E-state index in [4.69, 9.17) is 5.73 Å². The maximum absolute atomic E-state index is 13.8. The molecule has 2 N–H and O–H groups in total. The topological polar surface area (TPSA) is 29.3 Å². The third kappa shape index (κ3) is 2.40. The van der Waals surface area contributed by atoms with Gasteiger partial charge in [-0.25, -0.2) is 8.78 Å². The molecule has 0 spiro atoms. The van der Waals surface area contributed by atoms with Crippen molar-refractivity contribution in [1.29, 1.82) is 0 Å². The number of nitrogens with two attached hydrogens (primary N) is 1. The van der Waals surface area contributed by atoms with E-state index < -0.39 is 11.6 Å². The molecule has 0 aliphatic carbocycles. The van der Waals surface area contributed by atoms with Crippen molar-refractivity contribution >= 4 is 0 Å². The van der Waals surface area contributed by atoms with Crippen molar-refractivity contribution in [2.75, 3.05) is 19.6 Å². The lowest BCUT2D eigenvalue weighted by atomic mass is 10.0. The van der Waals surface area contributed by atoms with Crippen molar-refractivity contribution in [3.05, 3.63) is 35.4 Å². The van der Waals surface area contributed by atoms with Crippen LogP contribution in [0.2, 0.25) is 0 Å². The normalized spacial score (nSPS) is 26.5. The average Bonchev–Trinajstić information content (AvgIpc) is 2.64. The first-order valence-corrected chi connectivity index (χ1v) is 6.42. The minimum Gasteiger partial charge on any atom is -0.329 e. The van der Waals surface area contributed by atoms with Crippen LogP contribution in [-0.4, -0.2) is 24.5 Å². The highest BCUT2D eigenvalue weighted by molar-refractivity contribution is 5.24. The van der Waals surface area contributed by atoms with Crippen LogP contribution in [-0.2, 0) is 0 Å². The van der Waals surface area contributed by atoms with Gasteiger partial charge in [0, 0.05) is 25.2 Å². The number of likely N-dealkylation sites (tertiary alicyclic amines) is 1. The van der Waals surface area contributed by atoms with E-state index in [1.165, 1.54) is 18.2 Å². The minimum absolute atomic E-state index is 0.112. The molecule has 1 saturated heterocycles. The molecule has 1 heterocycles. The molecule has 18 heavy (non-hydrogen) atoms. The van der Waals surface area contributed by atoms with E-state index in [-0.39, 0.29) is 18.2 Å². The van der Waals surface area contributed by atoms with Gasteiger partial charge in [0.1, 0.15) is 11.6 Å². The zero-order valence-corrected chi connectivity index (χ0v) is 10.9. The van der Waals surface area contributed by atoms with Crippen LogP contribution in [0.3, 0.4) is 0 Å². The summed E-state index contributed by atoms with van der Waals surface area (Å²) in [5.74, 6) is 0.0677. The lowest BCUT2D eigenvalue weighted by Crippen LogP contribution is -2.33. The zero-order chi connectivity index (χ0) is 13.3. The fourth-order valence-electron chi connectivity index (χ4n) is 2.71. The fourth-order valence-corrected chi connectivity index (χ4v) is 2.71. The minimum atomic E-state index is -0.502. The predicted molar refractivity (Wildman–Crippen MR) is 68.1 cm³/mol. The van der Waals surface area contributed by atoms with E-state index in [0.717, 1.165) is 13.1 Å². The van der Waals surface area contributed by atoms with Gasteiger partial charge < -0.3 is 5.73 Å². The van der Waals surface area contributed by atoms with E-state index in [2.05, 4.69) is 18.7 Å². The Morgan fingerprint density at radius 2 is 1.72 bits per heavy atom. The molecular weight excluding hydrogens is 234 g/mol. The summed E-state index contributed by atoms with van der Waals surface area (Å²) in [4.78, 5) is 2.09. The number of benzene rings is 1. The van der Waals surface area contributed by atoms with E-state index in [1.807, 2.05) is 0 Å². The maximum atomic E-state index is 13.8. The Balaban J connectivity index is 2.29. The Morgan fingerprint density at radius 3 is 2.17 bits per heavy atom. The Bertz CT molecular complexity index is 392. The summed E-state index contributed by atoms with van der Waals surface area (Å²) < 4.78 is 27.6. The SMILES string of the molecule is CC1CN(C(CN)c2c(F)cccc2F)CC1C. The van der Waals surface area contributed by atoms with Crippen LogP contribution in [0, 0.1) is 23.5 Å². The highest BCUT2D eigenvalue weighted by Gasteiger charge is 2.33. The van der Waals surface area contributed by atoms with Crippen molar-refractivity contribution in [2.24, 2.45) is 17.6 Å². The lowest BCUT2D eigenvalue weighted by molar-refractivity contribution is 0.229. The Labute approximate surface area is 107 Å². The molecule has 0 radical (unpaired) electrons. The van der Waals surface area contributed by atoms with Crippen LogP contribution in [0.5, 0.6) is 0 Å². The molecule has 0 amide bonds. The van der Waals surface area contributed by atoms with Crippen molar-refractivity contribution in [3.63, 3.8) is 0 Å². The van der Waals surface area contributed by atoms with Crippen LogP contribution in [0.4, 0.5) is 8.78 Å². The quantitative estimate of drug-likeness (QED) is 0.898. The van der Waals surface area contributed by atoms with Gasteiger partial charge in [0.2, 0.25) is 0 Å². The Kier molecular flexibility index (Phi) is 3.97. The van der Waals surface area contributed by atoms with Crippen LogP contribution in [0.15, 0.2) is 18.2 Å². The first-order chi connectivity index (χ1) is 8.54. The first-order valence-electron chi connectivity index (χ1n) is 6.42. The zero-order valence-electron chi connectivity index (χ0n) is 10.9. The van der Waals surface area contributed by atoms with E-state index in [1.54, 1.807) is 0 Å². The van der Waals surface area contributed by atoms with Crippen LogP contribution < -0.4 is 5.73 Å². The molecule has 3 atom stereocenters. The molecule has 0 bridgehead atoms. The Morgan fingerprint density at radius 1 is 1.22 bits per heavy atom. The summed E-state index contributed by atoms with van der Waals surface area (Å²) in [5, 5.41) is 0. The Hall–Kier alpha value is -1.00. The van der Waals surface area contributed by atoms with E-state index in [9.17, 15) is 8.78 Å². The number of hydrogen-bond donors (Lipinski definition) is 1. The number of rotatable bonds is 3. The van der Waals surface area contributed by atoms with Crippen molar-refractivity contribution < 1.29 is 8.78 Å². The van der Waals surface area contributed by atoms with Crippen molar-refractivity contribution in [2.45, 2.75) is 19.9 Å². The molecule has 4 heteroatoms. The second-order valence-electron chi connectivity index (χ2n) is 5.30. The van der Waals surface area contributed by atoms with Crippen LogP contribution in [0.1, 0.15) is 25.5 Å². The van der Waals surface area contributed by atoms with E-state index in [0.29, 0.717) is 11.8 Å². The molecular formula is C14H20F2N2. The highest BCUT2D eigenvalue weighted by Crippen LogP contribution is 2.32. The molecule has 1 aliphatic rings. The van der Waals surface area contributed by atoms with Gasteiger partial charge in [0.05, 0.1) is 6.04 Å². The third-order valence-electron chi connectivity index (χ3n) is 4.01. The van der Waals surface area contributed by atoms with Gasteiger partial charge in [0.25, 0.3) is 0 Å². The molecule has 2 nitrogen and oxygen atoms in total. The fraction of sp³-hybridized carbons (Fsp3) is 0.571. The number of hydrogen-bond acceptors (Lipinski definition) is 2. The van der Waals surface area contributed by atoms with Gasteiger partial charge in [-0.3, -0.25) is 4.90 Å². The highest BCUT2D eigenvalue weighted by atomic mass is 19.1. The summed E-state index contributed by atoms with van der Waals surface area (Å²) in [6, 6.07) is 3.61. The largest absolute Gasteiger partial charge is 0.329 e. The summed E-state index contributed by atoms with van der Waals surface area (Å²) in [6.45, 7) is 6.25. The average molecular weight is 254 g/mol. The van der Waals surface area contributed by atoms with Crippen LogP contribution in [0.25, 0.3) is 0 Å². The molecule has 1 fully saturated rings. The second kappa shape index (κ2) is 5.33. The van der Waals surface area contributed by atoms with Gasteiger partial charge in [-0.05, 0) is 24.0 Å². The van der Waals surface area contributed by atoms with Crippen LogP contribution >= 0.6 is 0 Å². The molecule has 100 valence electrons. The van der Waals surface area contributed by atoms with Gasteiger partial charge in [-0.15, -0.1) is 0 Å². The lowest BCUT2D eigenvalue weighted by Gasteiger charge is -2.27. The van der Waals surface area contributed by atoms with Gasteiger partial charge in [-0.2, -0.15) is 0 Å².